The highest BCUT2D eigenvalue weighted by molar-refractivity contribution is 7.90. The summed E-state index contributed by atoms with van der Waals surface area (Å²) in [4.78, 5) is 25.9. The Balaban J connectivity index is 1.51. The number of benzene rings is 1. The number of carbonyl (C=O) groups is 1. The van der Waals surface area contributed by atoms with E-state index < -0.39 is 15.9 Å². The zero-order valence-corrected chi connectivity index (χ0v) is 22.0. The van der Waals surface area contributed by atoms with Crippen LogP contribution in [0.15, 0.2) is 71.9 Å². The summed E-state index contributed by atoms with van der Waals surface area (Å²) in [5.41, 5.74) is 1.20. The molecule has 36 heavy (non-hydrogen) atoms. The van der Waals surface area contributed by atoms with Gasteiger partial charge in [0.15, 0.2) is 5.03 Å². The maximum Gasteiger partial charge on any atom is 0.281 e. The fourth-order valence-electron chi connectivity index (χ4n) is 4.45. The quantitative estimate of drug-likeness (QED) is 0.494. The van der Waals surface area contributed by atoms with Gasteiger partial charge in [-0.3, -0.25) is 4.79 Å². The second kappa shape index (κ2) is 10.3. The van der Waals surface area contributed by atoms with Crippen molar-refractivity contribution in [3.63, 3.8) is 0 Å². The SMILES string of the molecule is CC1CCN(c2ncccc2C(=O)NS(=O)(=O)c2cccc(N(C)CCc3ccccc3)n2)C1(C)C. The first-order chi connectivity index (χ1) is 17.1. The van der Waals surface area contributed by atoms with Crippen LogP contribution in [0.3, 0.4) is 0 Å². The lowest BCUT2D eigenvalue weighted by Crippen LogP contribution is -2.43. The van der Waals surface area contributed by atoms with Crippen LogP contribution in [0.25, 0.3) is 0 Å². The van der Waals surface area contributed by atoms with E-state index in [9.17, 15) is 13.2 Å². The van der Waals surface area contributed by atoms with Crippen molar-refractivity contribution < 1.29 is 13.2 Å². The van der Waals surface area contributed by atoms with Gasteiger partial charge < -0.3 is 9.80 Å². The smallest absolute Gasteiger partial charge is 0.281 e. The fourth-order valence-corrected chi connectivity index (χ4v) is 5.38. The molecule has 1 atom stereocenters. The molecule has 4 rings (SSSR count). The summed E-state index contributed by atoms with van der Waals surface area (Å²) < 4.78 is 28.5. The predicted octanol–water partition coefficient (Wildman–Crippen LogP) is 3.90. The molecule has 0 bridgehead atoms. The van der Waals surface area contributed by atoms with E-state index in [1.54, 1.807) is 30.5 Å². The Morgan fingerprint density at radius 2 is 1.86 bits per heavy atom. The van der Waals surface area contributed by atoms with Crippen molar-refractivity contribution in [2.75, 3.05) is 29.9 Å². The molecule has 9 heteroatoms. The van der Waals surface area contributed by atoms with Crippen molar-refractivity contribution in [3.8, 4) is 0 Å². The number of pyridine rings is 2. The van der Waals surface area contributed by atoms with Gasteiger partial charge in [-0.15, -0.1) is 0 Å². The molecule has 1 saturated heterocycles. The first kappa shape index (κ1) is 25.6. The molecule has 2 aromatic heterocycles. The molecule has 1 unspecified atom stereocenters. The number of amides is 1. The van der Waals surface area contributed by atoms with Gasteiger partial charge in [0.2, 0.25) is 0 Å². The molecule has 3 aromatic rings. The first-order valence-corrected chi connectivity index (χ1v) is 13.6. The van der Waals surface area contributed by atoms with E-state index in [0.29, 0.717) is 24.1 Å². The number of rotatable bonds is 8. The van der Waals surface area contributed by atoms with Crippen molar-refractivity contribution in [1.29, 1.82) is 0 Å². The van der Waals surface area contributed by atoms with Gasteiger partial charge in [-0.1, -0.05) is 43.3 Å². The average Bonchev–Trinajstić information content (AvgIpc) is 3.14. The Morgan fingerprint density at radius 1 is 1.11 bits per heavy atom. The van der Waals surface area contributed by atoms with E-state index in [2.05, 4.69) is 40.4 Å². The Morgan fingerprint density at radius 3 is 2.56 bits per heavy atom. The Labute approximate surface area is 213 Å². The van der Waals surface area contributed by atoms with Crippen LogP contribution in [-0.2, 0) is 16.4 Å². The van der Waals surface area contributed by atoms with Crippen LogP contribution < -0.4 is 14.5 Å². The molecule has 190 valence electrons. The second-order valence-corrected chi connectivity index (χ2v) is 11.4. The molecule has 0 saturated carbocycles. The van der Waals surface area contributed by atoms with Crippen molar-refractivity contribution >= 4 is 27.6 Å². The second-order valence-electron chi connectivity index (χ2n) is 9.80. The van der Waals surface area contributed by atoms with Crippen LogP contribution >= 0.6 is 0 Å². The molecule has 1 aliphatic rings. The minimum Gasteiger partial charge on any atom is -0.359 e. The molecule has 1 aliphatic heterocycles. The van der Waals surface area contributed by atoms with Crippen LogP contribution in [0, 0.1) is 5.92 Å². The monoisotopic (exact) mass is 507 g/mol. The lowest BCUT2D eigenvalue weighted by atomic mass is 9.90. The number of nitrogens with one attached hydrogen (secondary N) is 1. The number of anilines is 2. The summed E-state index contributed by atoms with van der Waals surface area (Å²) in [5.74, 6) is 0.682. The number of hydrogen-bond acceptors (Lipinski definition) is 7. The third-order valence-corrected chi connectivity index (χ3v) is 8.39. The van der Waals surface area contributed by atoms with E-state index in [1.165, 1.54) is 11.6 Å². The normalized spacial score (nSPS) is 17.1. The highest BCUT2D eigenvalue weighted by atomic mass is 32.2. The summed E-state index contributed by atoms with van der Waals surface area (Å²) >= 11 is 0. The van der Waals surface area contributed by atoms with Crippen LogP contribution in [0.2, 0.25) is 0 Å². The van der Waals surface area contributed by atoms with Gasteiger partial charge in [0.1, 0.15) is 11.6 Å². The highest BCUT2D eigenvalue weighted by Crippen LogP contribution is 2.38. The lowest BCUT2D eigenvalue weighted by molar-refractivity contribution is 0.0981. The fraction of sp³-hybridized carbons (Fsp3) is 0.370. The predicted molar refractivity (Wildman–Crippen MR) is 142 cm³/mol. The summed E-state index contributed by atoms with van der Waals surface area (Å²) in [6.45, 7) is 7.80. The van der Waals surface area contributed by atoms with Gasteiger partial charge in [0.25, 0.3) is 15.9 Å². The number of likely N-dealkylation sites (N-methyl/N-ethyl adjacent to an activating group) is 1. The van der Waals surface area contributed by atoms with Crippen molar-refractivity contribution in [3.05, 3.63) is 78.0 Å². The van der Waals surface area contributed by atoms with Crippen molar-refractivity contribution in [2.24, 2.45) is 5.92 Å². The zero-order chi connectivity index (χ0) is 25.9. The van der Waals surface area contributed by atoms with Gasteiger partial charge in [0.05, 0.1) is 5.56 Å². The minimum absolute atomic E-state index is 0.206. The third-order valence-electron chi connectivity index (χ3n) is 7.16. The Bertz CT molecular complexity index is 1330. The third kappa shape index (κ3) is 5.36. The van der Waals surface area contributed by atoms with Crippen LogP contribution in [0.5, 0.6) is 0 Å². The Kier molecular flexibility index (Phi) is 7.31. The number of hydrogen-bond donors (Lipinski definition) is 1. The largest absolute Gasteiger partial charge is 0.359 e. The van der Waals surface area contributed by atoms with E-state index in [4.69, 9.17) is 0 Å². The summed E-state index contributed by atoms with van der Waals surface area (Å²) in [6.07, 6.45) is 3.38. The van der Waals surface area contributed by atoms with Gasteiger partial charge >= 0.3 is 0 Å². The summed E-state index contributed by atoms with van der Waals surface area (Å²) in [7, 11) is -2.33. The average molecular weight is 508 g/mol. The van der Waals surface area contributed by atoms with Crippen LogP contribution in [0.4, 0.5) is 11.6 Å². The molecular formula is C27H33N5O3S. The molecular weight excluding hydrogens is 474 g/mol. The molecule has 0 radical (unpaired) electrons. The van der Waals surface area contributed by atoms with E-state index in [0.717, 1.165) is 19.4 Å². The minimum atomic E-state index is -4.19. The van der Waals surface area contributed by atoms with E-state index in [1.807, 2.05) is 42.3 Å². The number of aromatic nitrogens is 2. The number of nitrogens with zero attached hydrogens (tertiary/aromatic N) is 4. The van der Waals surface area contributed by atoms with Gasteiger partial charge in [0, 0.05) is 31.9 Å². The molecule has 8 nitrogen and oxygen atoms in total. The van der Waals surface area contributed by atoms with Crippen molar-refractivity contribution in [1.82, 2.24) is 14.7 Å². The van der Waals surface area contributed by atoms with Gasteiger partial charge in [-0.05, 0) is 62.4 Å². The first-order valence-electron chi connectivity index (χ1n) is 12.1. The molecule has 1 amide bonds. The Hall–Kier alpha value is -3.46. The highest BCUT2D eigenvalue weighted by Gasteiger charge is 2.40. The molecule has 1 aromatic carbocycles. The van der Waals surface area contributed by atoms with Crippen LogP contribution in [-0.4, -0.2) is 50.0 Å². The summed E-state index contributed by atoms with van der Waals surface area (Å²) in [6, 6.07) is 18.1. The van der Waals surface area contributed by atoms with E-state index >= 15 is 0 Å². The molecule has 1 fully saturated rings. The van der Waals surface area contributed by atoms with Gasteiger partial charge in [-0.2, -0.15) is 8.42 Å². The maximum atomic E-state index is 13.2. The van der Waals surface area contributed by atoms with Crippen molar-refractivity contribution in [2.45, 2.75) is 44.2 Å². The van der Waals surface area contributed by atoms with Gasteiger partial charge in [-0.25, -0.2) is 14.7 Å². The molecule has 3 heterocycles. The molecule has 0 spiro atoms. The standard InChI is InChI=1S/C27H33N5O3S/c1-20-15-19-32(27(20,2)3)25-22(12-9-17-28-25)26(33)30-36(34,35)24-14-8-13-23(29-24)31(4)18-16-21-10-6-5-7-11-21/h5-14,17,20H,15-16,18-19H2,1-4H3,(H,30,33). The number of sulfonamides is 1. The zero-order valence-electron chi connectivity index (χ0n) is 21.2. The molecule has 1 N–H and O–H groups in total. The number of carbonyl (C=O) groups excluding carboxylic acids is 1. The maximum absolute atomic E-state index is 13.2. The molecule has 0 aliphatic carbocycles. The van der Waals surface area contributed by atoms with Crippen LogP contribution in [0.1, 0.15) is 43.1 Å². The summed E-state index contributed by atoms with van der Waals surface area (Å²) in [5, 5.41) is -0.208. The lowest BCUT2D eigenvalue weighted by Gasteiger charge is -2.36. The van der Waals surface area contributed by atoms with E-state index in [-0.39, 0.29) is 16.1 Å². The topological polar surface area (TPSA) is 95.5 Å².